The number of carbonyl (C=O) groups is 1. The van der Waals surface area contributed by atoms with E-state index in [0.29, 0.717) is 50.5 Å². The fraction of sp³-hybridized carbons (Fsp3) is 0.192. The Kier molecular flexibility index (Phi) is 6.11. The number of ether oxygens (including phenoxy) is 4. The van der Waals surface area contributed by atoms with E-state index in [1.165, 1.54) is 0 Å². The van der Waals surface area contributed by atoms with Crippen molar-refractivity contribution in [2.75, 3.05) is 28.4 Å². The highest BCUT2D eigenvalue weighted by atomic mass is 32.1. The molecule has 1 N–H and O–H groups in total. The molecule has 3 aromatic carbocycles. The van der Waals surface area contributed by atoms with Crippen molar-refractivity contribution in [2.45, 2.75) is 6.54 Å². The second kappa shape index (κ2) is 9.38. The number of methoxy groups -OCH3 is 4. The lowest BCUT2D eigenvalue weighted by Gasteiger charge is -2.14. The van der Waals surface area contributed by atoms with Gasteiger partial charge in [-0.3, -0.25) is 0 Å². The van der Waals surface area contributed by atoms with Gasteiger partial charge >= 0.3 is 5.97 Å². The van der Waals surface area contributed by atoms with E-state index in [1.807, 2.05) is 24.3 Å². The highest BCUT2D eigenvalue weighted by Crippen LogP contribution is 2.42. The molecule has 0 aliphatic rings. The zero-order valence-corrected chi connectivity index (χ0v) is 20.9. The SMILES string of the molecule is COc1ccc(OC)c(Cn2c(C(=O)O)c(-c3ccc4nsnc4c3)c3cc(OC)c(OC)cc32)c1. The van der Waals surface area contributed by atoms with Gasteiger partial charge in [0.15, 0.2) is 11.5 Å². The summed E-state index contributed by atoms with van der Waals surface area (Å²) < 4.78 is 32.4. The lowest BCUT2D eigenvalue weighted by Crippen LogP contribution is -2.11. The Balaban J connectivity index is 1.85. The zero-order chi connectivity index (χ0) is 25.4. The van der Waals surface area contributed by atoms with E-state index in [2.05, 4.69) is 8.75 Å². The summed E-state index contributed by atoms with van der Waals surface area (Å²) in [5.74, 6) is 1.17. The minimum absolute atomic E-state index is 0.118. The van der Waals surface area contributed by atoms with Crippen molar-refractivity contribution in [3.8, 4) is 34.1 Å². The van der Waals surface area contributed by atoms with Crippen LogP contribution in [0.3, 0.4) is 0 Å². The highest BCUT2D eigenvalue weighted by molar-refractivity contribution is 7.00. The Hall–Kier alpha value is -4.31. The Morgan fingerprint density at radius 2 is 1.58 bits per heavy atom. The number of aromatic nitrogens is 3. The molecule has 5 rings (SSSR count). The molecule has 5 aromatic rings. The molecule has 10 heteroatoms. The highest BCUT2D eigenvalue weighted by Gasteiger charge is 2.26. The van der Waals surface area contributed by atoms with Gasteiger partial charge in [-0.15, -0.1) is 0 Å². The predicted molar refractivity (Wildman–Crippen MR) is 137 cm³/mol. The van der Waals surface area contributed by atoms with Crippen LogP contribution >= 0.6 is 11.7 Å². The molecule has 9 nitrogen and oxygen atoms in total. The largest absolute Gasteiger partial charge is 0.497 e. The van der Waals surface area contributed by atoms with E-state index < -0.39 is 5.97 Å². The Morgan fingerprint density at radius 3 is 2.28 bits per heavy atom. The number of hydrogen-bond acceptors (Lipinski definition) is 8. The topological polar surface area (TPSA) is 105 Å². The van der Waals surface area contributed by atoms with Crippen LogP contribution < -0.4 is 18.9 Å². The molecule has 0 spiro atoms. The molecule has 0 radical (unpaired) electrons. The summed E-state index contributed by atoms with van der Waals surface area (Å²) in [6.45, 7) is 0.217. The first-order valence-electron chi connectivity index (χ1n) is 10.9. The maximum Gasteiger partial charge on any atom is 0.353 e. The van der Waals surface area contributed by atoms with Crippen LogP contribution in [0.15, 0.2) is 48.5 Å². The van der Waals surface area contributed by atoms with Gasteiger partial charge in [0.2, 0.25) is 0 Å². The molecule has 184 valence electrons. The van der Waals surface area contributed by atoms with Crippen molar-refractivity contribution in [3.63, 3.8) is 0 Å². The van der Waals surface area contributed by atoms with Gasteiger partial charge in [-0.2, -0.15) is 8.75 Å². The van der Waals surface area contributed by atoms with Crippen molar-refractivity contribution in [1.29, 1.82) is 0 Å². The van der Waals surface area contributed by atoms with Gasteiger partial charge in [-0.05, 0) is 42.0 Å². The number of aromatic carboxylic acids is 1. The molecule has 0 saturated carbocycles. The Morgan fingerprint density at radius 1 is 0.861 bits per heavy atom. The van der Waals surface area contributed by atoms with E-state index in [9.17, 15) is 9.90 Å². The van der Waals surface area contributed by atoms with Crippen LogP contribution in [0.4, 0.5) is 0 Å². The van der Waals surface area contributed by atoms with Crippen molar-refractivity contribution in [3.05, 3.63) is 59.8 Å². The molecule has 36 heavy (non-hydrogen) atoms. The van der Waals surface area contributed by atoms with E-state index in [4.69, 9.17) is 18.9 Å². The minimum Gasteiger partial charge on any atom is -0.497 e. The maximum absolute atomic E-state index is 12.8. The zero-order valence-electron chi connectivity index (χ0n) is 20.1. The molecule has 0 amide bonds. The molecule has 0 saturated heterocycles. The van der Waals surface area contributed by atoms with Crippen LogP contribution in [-0.2, 0) is 6.54 Å². The fourth-order valence-corrected chi connectivity index (χ4v) is 4.98. The molecule has 0 unspecified atom stereocenters. The summed E-state index contributed by atoms with van der Waals surface area (Å²) in [4.78, 5) is 12.8. The quantitative estimate of drug-likeness (QED) is 0.311. The first-order valence-corrected chi connectivity index (χ1v) is 11.7. The third kappa shape index (κ3) is 3.85. The summed E-state index contributed by atoms with van der Waals surface area (Å²) >= 11 is 1.11. The summed E-state index contributed by atoms with van der Waals surface area (Å²) in [6, 6.07) is 14.6. The molecule has 0 atom stereocenters. The molecule has 2 heterocycles. The smallest absolute Gasteiger partial charge is 0.353 e. The molecular formula is C26H23N3O6S. The van der Waals surface area contributed by atoms with E-state index in [1.54, 1.807) is 57.3 Å². The number of fused-ring (bicyclic) bond motifs is 2. The number of hydrogen-bond donors (Lipinski definition) is 1. The van der Waals surface area contributed by atoms with Gasteiger partial charge in [0.25, 0.3) is 0 Å². The summed E-state index contributed by atoms with van der Waals surface area (Å²) in [5, 5.41) is 11.2. The monoisotopic (exact) mass is 505 g/mol. The molecule has 2 aromatic heterocycles. The first kappa shape index (κ1) is 23.4. The number of carboxylic acid groups (broad SMARTS) is 1. The van der Waals surface area contributed by atoms with Crippen LogP contribution in [-0.4, -0.2) is 52.8 Å². The molecule has 0 fully saturated rings. The van der Waals surface area contributed by atoms with Crippen LogP contribution in [0.5, 0.6) is 23.0 Å². The second-order valence-electron chi connectivity index (χ2n) is 7.98. The fourth-order valence-electron chi connectivity index (χ4n) is 4.47. The first-order chi connectivity index (χ1) is 17.5. The van der Waals surface area contributed by atoms with Crippen LogP contribution in [0, 0.1) is 0 Å². The second-order valence-corrected chi connectivity index (χ2v) is 8.51. The average Bonchev–Trinajstić information content (AvgIpc) is 3.49. The Bertz CT molecular complexity index is 1610. The number of benzene rings is 3. The normalized spacial score (nSPS) is 11.1. The lowest BCUT2D eigenvalue weighted by atomic mass is 10.0. The van der Waals surface area contributed by atoms with Crippen molar-refractivity contribution < 1.29 is 28.8 Å². The Labute approximate surface area is 210 Å². The van der Waals surface area contributed by atoms with E-state index in [0.717, 1.165) is 22.8 Å². The van der Waals surface area contributed by atoms with Crippen molar-refractivity contribution >= 4 is 39.6 Å². The number of nitrogens with zero attached hydrogens (tertiary/aromatic N) is 3. The van der Waals surface area contributed by atoms with Gasteiger partial charge in [0, 0.05) is 22.6 Å². The van der Waals surface area contributed by atoms with E-state index in [-0.39, 0.29) is 12.2 Å². The van der Waals surface area contributed by atoms with Crippen molar-refractivity contribution in [1.82, 2.24) is 13.3 Å². The number of carboxylic acids is 1. The number of rotatable bonds is 8. The molecule has 0 bridgehead atoms. The minimum atomic E-state index is -1.07. The maximum atomic E-state index is 12.8. The van der Waals surface area contributed by atoms with Gasteiger partial charge in [-0.1, -0.05) is 6.07 Å². The summed E-state index contributed by atoms with van der Waals surface area (Å²) in [5.41, 5.74) is 4.26. The molecule has 0 aliphatic carbocycles. The van der Waals surface area contributed by atoms with Crippen LogP contribution in [0.1, 0.15) is 16.1 Å². The van der Waals surface area contributed by atoms with E-state index >= 15 is 0 Å². The van der Waals surface area contributed by atoms with Gasteiger partial charge in [0.05, 0.1) is 52.2 Å². The molecule has 0 aliphatic heterocycles. The molecular weight excluding hydrogens is 482 g/mol. The van der Waals surface area contributed by atoms with Crippen molar-refractivity contribution in [2.24, 2.45) is 0 Å². The standard InChI is InChI=1S/C26H23N3O6S/c1-32-16-6-8-21(33-2)15(9-16)13-29-20-12-23(35-4)22(34-3)11-17(20)24(25(29)26(30)31)14-5-7-18-19(10-14)28-36-27-18/h5-12H,13H2,1-4H3,(H,30,31). The van der Waals surface area contributed by atoms with Gasteiger partial charge in [-0.25, -0.2) is 4.79 Å². The summed E-state index contributed by atoms with van der Waals surface area (Å²) in [7, 11) is 6.25. The average molecular weight is 506 g/mol. The van der Waals surface area contributed by atoms with Gasteiger partial charge < -0.3 is 28.6 Å². The van der Waals surface area contributed by atoms with Crippen LogP contribution in [0.2, 0.25) is 0 Å². The van der Waals surface area contributed by atoms with Crippen LogP contribution in [0.25, 0.3) is 33.1 Å². The third-order valence-electron chi connectivity index (χ3n) is 6.13. The predicted octanol–water partition coefficient (Wildman–Crippen LogP) is 5.09. The third-order valence-corrected chi connectivity index (χ3v) is 6.69. The summed E-state index contributed by atoms with van der Waals surface area (Å²) in [6.07, 6.45) is 0. The lowest BCUT2D eigenvalue weighted by molar-refractivity contribution is 0.0687. The van der Waals surface area contributed by atoms with Gasteiger partial charge in [0.1, 0.15) is 28.2 Å².